The molecule has 41 heavy (non-hydrogen) atoms. The van der Waals surface area contributed by atoms with Crippen molar-refractivity contribution in [2.45, 2.75) is 89.6 Å². The Bertz CT molecular complexity index is 1440. The number of fused-ring (bicyclic) bond motifs is 2. The molecule has 3 heterocycles. The van der Waals surface area contributed by atoms with E-state index in [-0.39, 0.29) is 43.0 Å². The molecule has 1 saturated heterocycles. The van der Waals surface area contributed by atoms with E-state index >= 15 is 0 Å². The van der Waals surface area contributed by atoms with Crippen LogP contribution in [0.25, 0.3) is 11.3 Å². The molecule has 1 aromatic carbocycles. The van der Waals surface area contributed by atoms with Crippen molar-refractivity contribution in [1.29, 1.82) is 0 Å². The van der Waals surface area contributed by atoms with Gasteiger partial charge in [0.25, 0.3) is 0 Å². The van der Waals surface area contributed by atoms with Crippen molar-refractivity contribution in [3.05, 3.63) is 63.6 Å². The van der Waals surface area contributed by atoms with Gasteiger partial charge >= 0.3 is 5.97 Å². The first kappa shape index (κ1) is 28.2. The fraction of sp³-hybridized carbons (Fsp3) is 0.484. The molecule has 2 aliphatic carbocycles. The number of pyridine rings is 1. The summed E-state index contributed by atoms with van der Waals surface area (Å²) >= 11 is 13.0. The minimum Gasteiger partial charge on any atom is -0.460 e. The van der Waals surface area contributed by atoms with Gasteiger partial charge in [0.05, 0.1) is 47.0 Å². The molecule has 1 aliphatic heterocycles. The number of amides is 1. The number of carbonyl (C=O) groups is 2. The van der Waals surface area contributed by atoms with Gasteiger partial charge in [-0.15, -0.1) is 0 Å². The Balaban J connectivity index is 1.10. The average Bonchev–Trinajstić information content (AvgIpc) is 3.42. The topological polar surface area (TPSA) is 94.8 Å². The Morgan fingerprint density at radius 2 is 1.88 bits per heavy atom. The summed E-state index contributed by atoms with van der Waals surface area (Å²) in [6, 6.07) is 9.19. The molecule has 1 amide bonds. The van der Waals surface area contributed by atoms with Crippen LogP contribution >= 0.6 is 23.2 Å². The molecule has 3 atom stereocenters. The maximum atomic E-state index is 13.4. The van der Waals surface area contributed by atoms with Crippen LogP contribution in [0.4, 0.5) is 5.69 Å². The van der Waals surface area contributed by atoms with Crippen LogP contribution in [0, 0.1) is 5.92 Å². The number of hydrogen-bond donors (Lipinski definition) is 0. The van der Waals surface area contributed by atoms with Crippen molar-refractivity contribution in [3.63, 3.8) is 0 Å². The lowest BCUT2D eigenvalue weighted by Crippen LogP contribution is -2.43. The number of halogens is 2. The smallest absolute Gasteiger partial charge is 0.306 e. The molecule has 3 aromatic rings. The van der Waals surface area contributed by atoms with Gasteiger partial charge in [-0.3, -0.25) is 14.6 Å². The highest BCUT2D eigenvalue weighted by atomic mass is 35.5. The zero-order valence-corrected chi connectivity index (χ0v) is 24.9. The molecule has 0 unspecified atom stereocenters. The van der Waals surface area contributed by atoms with Crippen LogP contribution in [0.5, 0.6) is 0 Å². The van der Waals surface area contributed by atoms with E-state index in [1.165, 1.54) is 0 Å². The number of esters is 1. The lowest BCUT2D eigenvalue weighted by Gasteiger charge is -2.31. The van der Waals surface area contributed by atoms with Crippen molar-refractivity contribution < 1.29 is 23.6 Å². The number of rotatable bonds is 9. The third-order valence-corrected chi connectivity index (χ3v) is 8.53. The lowest BCUT2D eigenvalue weighted by atomic mass is 10.0. The Hall–Kier alpha value is -2.94. The summed E-state index contributed by atoms with van der Waals surface area (Å²) in [7, 11) is 0. The van der Waals surface area contributed by atoms with E-state index in [0.717, 1.165) is 48.4 Å². The van der Waals surface area contributed by atoms with E-state index in [9.17, 15) is 9.59 Å². The van der Waals surface area contributed by atoms with E-state index in [4.69, 9.17) is 37.2 Å². The number of nitrogens with zero attached hydrogens (tertiary/aromatic N) is 3. The van der Waals surface area contributed by atoms with E-state index in [2.05, 4.69) is 10.1 Å². The molecule has 2 bridgehead atoms. The third kappa shape index (κ3) is 5.87. The van der Waals surface area contributed by atoms with E-state index < -0.39 is 5.60 Å². The Morgan fingerprint density at radius 1 is 1.12 bits per heavy atom. The predicted molar refractivity (Wildman–Crippen MR) is 155 cm³/mol. The zero-order chi connectivity index (χ0) is 28.9. The molecule has 3 aliphatic rings. The maximum absolute atomic E-state index is 13.4. The predicted octanol–water partition coefficient (Wildman–Crippen LogP) is 6.91. The number of ether oxygens (including phenoxy) is 2. The number of carbonyl (C=O) groups excluding carboxylic acids is 2. The van der Waals surface area contributed by atoms with Gasteiger partial charge < -0.3 is 18.9 Å². The third-order valence-electron chi connectivity index (χ3n) is 7.90. The van der Waals surface area contributed by atoms with Gasteiger partial charge in [0.15, 0.2) is 0 Å². The Labute approximate surface area is 249 Å². The molecule has 8 nitrogen and oxygen atoms in total. The maximum Gasteiger partial charge on any atom is 0.306 e. The summed E-state index contributed by atoms with van der Waals surface area (Å²) in [5.41, 5.74) is 3.16. The van der Waals surface area contributed by atoms with Crippen molar-refractivity contribution in [2.24, 2.45) is 5.92 Å². The van der Waals surface area contributed by atoms with E-state index in [0.29, 0.717) is 33.6 Å². The van der Waals surface area contributed by atoms with Gasteiger partial charge in [-0.25, -0.2) is 0 Å². The van der Waals surface area contributed by atoms with Crippen LogP contribution in [0.3, 0.4) is 0 Å². The van der Waals surface area contributed by atoms with Gasteiger partial charge in [0.2, 0.25) is 5.91 Å². The highest BCUT2D eigenvalue weighted by Crippen LogP contribution is 2.47. The summed E-state index contributed by atoms with van der Waals surface area (Å²) < 4.78 is 17.5. The average molecular weight is 599 g/mol. The summed E-state index contributed by atoms with van der Waals surface area (Å²) in [6.45, 7) is 5.83. The van der Waals surface area contributed by atoms with Gasteiger partial charge in [-0.1, -0.05) is 34.4 Å². The Kier molecular flexibility index (Phi) is 7.59. The highest BCUT2D eigenvalue weighted by Gasteiger charge is 2.52. The van der Waals surface area contributed by atoms with Crippen molar-refractivity contribution in [1.82, 2.24) is 10.1 Å². The van der Waals surface area contributed by atoms with Crippen LogP contribution in [0.2, 0.25) is 10.0 Å². The summed E-state index contributed by atoms with van der Waals surface area (Å²) in [6.07, 6.45) is 5.85. The summed E-state index contributed by atoms with van der Waals surface area (Å²) in [5.74, 6) is 0.733. The van der Waals surface area contributed by atoms with Crippen LogP contribution in [0.15, 0.2) is 41.1 Å². The normalized spacial score (nSPS) is 22.0. The standard InChI is InChI=1S/C31H33Cl2N3O5/c1-31(2,3)40-26(37)12-10-18-9-11-19(15-34-18)36-20-13-21(30(36)38)25(14-20)39-16-22-28(35-41-29(22)17-7-8-17)27-23(32)5-4-6-24(27)33/h4-6,9,11,15,17,20-21,25H,7-8,10,12-14,16H2,1-3H3/t20-,21+,25+/m0/s1. The molecule has 3 fully saturated rings. The van der Waals surface area contributed by atoms with E-state index in [1.807, 2.05) is 37.8 Å². The lowest BCUT2D eigenvalue weighted by molar-refractivity contribution is -0.154. The second-order valence-electron chi connectivity index (χ2n) is 12.1. The van der Waals surface area contributed by atoms with Gasteiger partial charge in [0, 0.05) is 35.2 Å². The van der Waals surface area contributed by atoms with Gasteiger partial charge in [-0.05, 0) is 70.7 Å². The fourth-order valence-corrected chi connectivity index (χ4v) is 6.47. The first-order valence-electron chi connectivity index (χ1n) is 14.1. The zero-order valence-electron chi connectivity index (χ0n) is 23.4. The van der Waals surface area contributed by atoms with E-state index in [1.54, 1.807) is 24.4 Å². The number of aryl methyl sites for hydroxylation is 1. The Morgan fingerprint density at radius 3 is 2.51 bits per heavy atom. The molecular formula is C31H33Cl2N3O5. The molecule has 0 spiro atoms. The summed E-state index contributed by atoms with van der Waals surface area (Å²) in [5, 5.41) is 5.35. The van der Waals surface area contributed by atoms with Crippen molar-refractivity contribution in [3.8, 4) is 11.3 Å². The molecule has 2 aromatic heterocycles. The fourth-order valence-electron chi connectivity index (χ4n) is 5.89. The van der Waals surface area contributed by atoms with Crippen molar-refractivity contribution >= 4 is 40.8 Å². The first-order valence-corrected chi connectivity index (χ1v) is 14.9. The monoisotopic (exact) mass is 597 g/mol. The van der Waals surface area contributed by atoms with Crippen LogP contribution in [-0.2, 0) is 32.1 Å². The molecule has 6 rings (SSSR count). The molecule has 10 heteroatoms. The number of hydrogen-bond acceptors (Lipinski definition) is 7. The largest absolute Gasteiger partial charge is 0.460 e. The van der Waals surface area contributed by atoms with Crippen LogP contribution in [0.1, 0.15) is 75.8 Å². The van der Waals surface area contributed by atoms with Gasteiger partial charge in [-0.2, -0.15) is 0 Å². The second kappa shape index (κ2) is 11.0. The minimum atomic E-state index is -0.508. The van der Waals surface area contributed by atoms with Gasteiger partial charge in [0.1, 0.15) is 17.1 Å². The van der Waals surface area contributed by atoms with Crippen LogP contribution < -0.4 is 4.90 Å². The SMILES string of the molecule is CC(C)(C)OC(=O)CCc1ccc(N2C(=O)[C@@H]3C[C@H]2C[C@H]3OCc2c(-c3c(Cl)cccc3Cl)noc2C2CC2)cn1. The highest BCUT2D eigenvalue weighted by molar-refractivity contribution is 6.39. The molecule has 0 radical (unpaired) electrons. The quantitative estimate of drug-likeness (QED) is 0.247. The van der Waals surface area contributed by atoms with Crippen LogP contribution in [-0.4, -0.2) is 39.8 Å². The minimum absolute atomic E-state index is 0.0507. The molecular weight excluding hydrogens is 565 g/mol. The second-order valence-corrected chi connectivity index (χ2v) is 12.9. The number of anilines is 1. The molecule has 0 N–H and O–H groups in total. The van der Waals surface area contributed by atoms with Crippen molar-refractivity contribution in [2.75, 3.05) is 4.90 Å². The number of benzene rings is 1. The number of piperidine rings is 1. The molecule has 2 saturated carbocycles. The molecule has 216 valence electrons. The summed E-state index contributed by atoms with van der Waals surface area (Å²) in [4.78, 5) is 31.8. The number of aromatic nitrogens is 2. The first-order chi connectivity index (χ1) is 19.6.